The van der Waals surface area contributed by atoms with E-state index in [0.29, 0.717) is 0 Å². The summed E-state index contributed by atoms with van der Waals surface area (Å²) in [6.45, 7) is 3.83. The van der Waals surface area contributed by atoms with Crippen LogP contribution in [0.4, 0.5) is 0 Å². The predicted molar refractivity (Wildman–Crippen MR) is 51.3 cm³/mol. The van der Waals surface area contributed by atoms with Gasteiger partial charge in [0.1, 0.15) is 0 Å². The molecule has 0 aromatic carbocycles. The molecule has 2 atom stereocenters. The summed E-state index contributed by atoms with van der Waals surface area (Å²) < 4.78 is -0.167. The average Bonchev–Trinajstić information content (AvgIpc) is 1.77. The first-order valence-electron chi connectivity index (χ1n) is 3.24. The normalized spacial score (nSPS) is 46.0. The number of halogens is 1. The van der Waals surface area contributed by atoms with Gasteiger partial charge in [0.15, 0.2) is 0 Å². The van der Waals surface area contributed by atoms with E-state index in [0.717, 1.165) is 0 Å². The summed E-state index contributed by atoms with van der Waals surface area (Å²) in [5.74, 6) is 0. The summed E-state index contributed by atoms with van der Waals surface area (Å²) >= 11 is 2.25. The molecule has 0 heterocycles. The molecular formula is C8H11IO. The maximum absolute atomic E-state index is 9.76. The maximum atomic E-state index is 9.76. The van der Waals surface area contributed by atoms with Crippen molar-refractivity contribution in [1.82, 2.24) is 0 Å². The van der Waals surface area contributed by atoms with Crippen LogP contribution in [0.2, 0.25) is 0 Å². The molecule has 0 amide bonds. The minimum atomic E-state index is -0.706. The molecule has 0 saturated carbocycles. The van der Waals surface area contributed by atoms with Gasteiger partial charge in [0.2, 0.25) is 0 Å². The van der Waals surface area contributed by atoms with Gasteiger partial charge >= 0.3 is 0 Å². The molecule has 2 heteroatoms. The highest BCUT2D eigenvalue weighted by atomic mass is 127. The Morgan fingerprint density at radius 2 is 1.70 bits per heavy atom. The fraction of sp³-hybridized carbons (Fsp3) is 0.500. The van der Waals surface area contributed by atoms with E-state index in [1.165, 1.54) is 0 Å². The Kier molecular flexibility index (Phi) is 1.94. The van der Waals surface area contributed by atoms with Gasteiger partial charge in [-0.1, -0.05) is 46.9 Å². The lowest BCUT2D eigenvalue weighted by Gasteiger charge is -2.35. The quantitative estimate of drug-likeness (QED) is 0.515. The third kappa shape index (κ3) is 1.27. The van der Waals surface area contributed by atoms with Gasteiger partial charge in [0.25, 0.3) is 0 Å². The Morgan fingerprint density at radius 3 is 2.00 bits per heavy atom. The number of hydrogen-bond donors (Lipinski definition) is 1. The highest BCUT2D eigenvalue weighted by Crippen LogP contribution is 2.36. The highest BCUT2D eigenvalue weighted by molar-refractivity contribution is 14.1. The van der Waals surface area contributed by atoms with Crippen LogP contribution >= 0.6 is 22.6 Å². The van der Waals surface area contributed by atoms with Crippen LogP contribution in [0.5, 0.6) is 0 Å². The minimum absolute atomic E-state index is 0.167. The number of aliphatic hydroxyl groups is 1. The molecule has 1 nitrogen and oxygen atoms in total. The summed E-state index contributed by atoms with van der Waals surface area (Å²) in [4.78, 5) is 0. The SMILES string of the molecule is CC1(O)C=CC=CC1(C)I. The molecule has 56 valence electrons. The minimum Gasteiger partial charge on any atom is -0.384 e. The summed E-state index contributed by atoms with van der Waals surface area (Å²) in [5.41, 5.74) is -0.706. The molecule has 0 aliphatic heterocycles. The second-order valence-electron chi connectivity index (χ2n) is 2.94. The van der Waals surface area contributed by atoms with Crippen LogP contribution in [0.25, 0.3) is 0 Å². The lowest BCUT2D eigenvalue weighted by atomic mass is 9.87. The van der Waals surface area contributed by atoms with E-state index in [2.05, 4.69) is 22.6 Å². The molecule has 0 aromatic rings. The molecule has 0 fully saturated rings. The van der Waals surface area contributed by atoms with Crippen LogP contribution in [0, 0.1) is 0 Å². The monoisotopic (exact) mass is 250 g/mol. The standard InChI is InChI=1S/C8H11IO/c1-7(9)5-3-4-6-8(7,2)10/h3-6,10H,1-2H3. The van der Waals surface area contributed by atoms with Crippen LogP contribution in [0.1, 0.15) is 13.8 Å². The van der Waals surface area contributed by atoms with Gasteiger partial charge in [-0.25, -0.2) is 0 Å². The Bertz CT molecular complexity index is 167. The third-order valence-electron chi connectivity index (χ3n) is 1.93. The topological polar surface area (TPSA) is 20.2 Å². The van der Waals surface area contributed by atoms with Crippen molar-refractivity contribution in [2.45, 2.75) is 22.9 Å². The van der Waals surface area contributed by atoms with Crippen LogP contribution in [-0.4, -0.2) is 14.1 Å². The largest absolute Gasteiger partial charge is 0.384 e. The molecule has 1 rings (SSSR count). The molecule has 0 saturated heterocycles. The Hall–Kier alpha value is 0.170. The molecular weight excluding hydrogens is 239 g/mol. The van der Waals surface area contributed by atoms with Crippen LogP contribution < -0.4 is 0 Å². The number of alkyl halides is 1. The van der Waals surface area contributed by atoms with Gasteiger partial charge in [-0.3, -0.25) is 0 Å². The van der Waals surface area contributed by atoms with E-state index in [1.54, 1.807) is 0 Å². The van der Waals surface area contributed by atoms with E-state index in [4.69, 9.17) is 0 Å². The Labute approximate surface area is 75.0 Å². The van der Waals surface area contributed by atoms with Crippen molar-refractivity contribution < 1.29 is 5.11 Å². The van der Waals surface area contributed by atoms with Crippen LogP contribution in [-0.2, 0) is 0 Å². The van der Waals surface area contributed by atoms with Crippen molar-refractivity contribution in [3.8, 4) is 0 Å². The van der Waals surface area contributed by atoms with Crippen molar-refractivity contribution in [2.75, 3.05) is 0 Å². The lowest BCUT2D eigenvalue weighted by Crippen LogP contribution is -2.42. The molecule has 0 spiro atoms. The first-order valence-corrected chi connectivity index (χ1v) is 4.32. The van der Waals surface area contributed by atoms with Gasteiger partial charge in [0.05, 0.1) is 9.02 Å². The summed E-state index contributed by atoms with van der Waals surface area (Å²) in [5, 5.41) is 9.76. The van der Waals surface area contributed by atoms with Crippen LogP contribution in [0.15, 0.2) is 24.3 Å². The first kappa shape index (κ1) is 8.27. The van der Waals surface area contributed by atoms with Gasteiger partial charge in [-0.15, -0.1) is 0 Å². The van der Waals surface area contributed by atoms with Gasteiger partial charge in [-0.2, -0.15) is 0 Å². The summed E-state index contributed by atoms with van der Waals surface area (Å²) in [6.07, 6.45) is 7.66. The van der Waals surface area contributed by atoms with E-state index >= 15 is 0 Å². The van der Waals surface area contributed by atoms with Crippen LogP contribution in [0.3, 0.4) is 0 Å². The molecule has 2 unspecified atom stereocenters. The smallest absolute Gasteiger partial charge is 0.0980 e. The van der Waals surface area contributed by atoms with Crippen molar-refractivity contribution in [1.29, 1.82) is 0 Å². The number of rotatable bonds is 0. The maximum Gasteiger partial charge on any atom is 0.0980 e. The van der Waals surface area contributed by atoms with E-state index in [1.807, 2.05) is 38.2 Å². The summed E-state index contributed by atoms with van der Waals surface area (Å²) in [6, 6.07) is 0. The van der Waals surface area contributed by atoms with Crippen molar-refractivity contribution in [3.05, 3.63) is 24.3 Å². The zero-order valence-corrected chi connectivity index (χ0v) is 8.29. The first-order chi connectivity index (χ1) is 4.46. The molecule has 1 aliphatic rings. The predicted octanol–water partition coefficient (Wildman–Crippen LogP) is 2.06. The Balaban J connectivity index is 2.96. The molecule has 10 heavy (non-hydrogen) atoms. The number of hydrogen-bond acceptors (Lipinski definition) is 1. The zero-order chi connectivity index (χ0) is 7.83. The zero-order valence-electron chi connectivity index (χ0n) is 6.13. The second kappa shape index (κ2) is 2.34. The van der Waals surface area contributed by atoms with E-state index in [9.17, 15) is 5.11 Å². The molecule has 0 bridgehead atoms. The second-order valence-corrected chi connectivity index (χ2v) is 5.18. The van der Waals surface area contributed by atoms with Crippen molar-refractivity contribution >= 4 is 22.6 Å². The van der Waals surface area contributed by atoms with E-state index in [-0.39, 0.29) is 3.42 Å². The van der Waals surface area contributed by atoms with Gasteiger partial charge in [0, 0.05) is 0 Å². The van der Waals surface area contributed by atoms with Gasteiger partial charge < -0.3 is 5.11 Å². The highest BCUT2D eigenvalue weighted by Gasteiger charge is 2.37. The molecule has 1 N–H and O–H groups in total. The molecule has 1 aliphatic carbocycles. The summed E-state index contributed by atoms with van der Waals surface area (Å²) in [7, 11) is 0. The Morgan fingerprint density at radius 1 is 1.20 bits per heavy atom. The fourth-order valence-electron chi connectivity index (χ4n) is 0.811. The van der Waals surface area contributed by atoms with Crippen molar-refractivity contribution in [3.63, 3.8) is 0 Å². The average molecular weight is 250 g/mol. The molecule has 0 radical (unpaired) electrons. The fourth-order valence-corrected chi connectivity index (χ4v) is 1.20. The van der Waals surface area contributed by atoms with E-state index < -0.39 is 5.60 Å². The van der Waals surface area contributed by atoms with Crippen molar-refractivity contribution in [2.24, 2.45) is 0 Å². The molecule has 0 aromatic heterocycles. The lowest BCUT2D eigenvalue weighted by molar-refractivity contribution is 0.0943. The van der Waals surface area contributed by atoms with Gasteiger partial charge in [-0.05, 0) is 13.8 Å². The number of allylic oxidation sites excluding steroid dienone is 2. The third-order valence-corrected chi connectivity index (χ3v) is 3.38.